The van der Waals surface area contributed by atoms with Gasteiger partial charge in [-0.05, 0) is 19.3 Å². The zero-order valence-electron chi connectivity index (χ0n) is 13.2. The molecule has 0 radical (unpaired) electrons. The van der Waals surface area contributed by atoms with E-state index in [9.17, 15) is 0 Å². The molecule has 3 fully saturated rings. The lowest BCUT2D eigenvalue weighted by Gasteiger charge is -2.39. The van der Waals surface area contributed by atoms with Gasteiger partial charge in [0.15, 0.2) is 0 Å². The maximum absolute atomic E-state index is 6.30. The van der Waals surface area contributed by atoms with Gasteiger partial charge in [-0.1, -0.05) is 0 Å². The highest BCUT2D eigenvalue weighted by Crippen LogP contribution is 2.38. The second-order valence-corrected chi connectivity index (χ2v) is 6.88. The largest absolute Gasteiger partial charge is 0.379 e. The summed E-state index contributed by atoms with van der Waals surface area (Å²) in [6, 6.07) is 0.601. The van der Waals surface area contributed by atoms with Gasteiger partial charge in [0, 0.05) is 50.5 Å². The van der Waals surface area contributed by atoms with E-state index in [0.717, 1.165) is 65.4 Å². The lowest BCUT2D eigenvalue weighted by Crippen LogP contribution is -2.46. The van der Waals surface area contributed by atoms with Crippen molar-refractivity contribution in [2.75, 3.05) is 46.0 Å². The van der Waals surface area contributed by atoms with Gasteiger partial charge >= 0.3 is 0 Å². The van der Waals surface area contributed by atoms with Crippen molar-refractivity contribution in [3.05, 3.63) is 18.0 Å². The molecule has 6 heteroatoms. The van der Waals surface area contributed by atoms with Gasteiger partial charge in [-0.15, -0.1) is 0 Å². The van der Waals surface area contributed by atoms with Crippen LogP contribution in [0.4, 0.5) is 0 Å². The highest BCUT2D eigenvalue weighted by Gasteiger charge is 2.44. The molecule has 1 aromatic rings. The lowest BCUT2D eigenvalue weighted by molar-refractivity contribution is -0.0458. The number of aromatic nitrogens is 2. The van der Waals surface area contributed by atoms with Crippen molar-refractivity contribution in [2.24, 2.45) is 0 Å². The molecule has 122 valence electrons. The molecule has 3 saturated heterocycles. The van der Waals surface area contributed by atoms with Crippen molar-refractivity contribution < 1.29 is 9.47 Å². The van der Waals surface area contributed by atoms with E-state index in [1.165, 1.54) is 12.0 Å². The minimum absolute atomic E-state index is 0.135. The van der Waals surface area contributed by atoms with Crippen molar-refractivity contribution in [3.63, 3.8) is 0 Å². The molecule has 4 rings (SSSR count). The SMILES string of the molecule is c1n[nH]cc1CN1CCC2(CC1)CC(N1CCOCC1)CO2. The Labute approximate surface area is 131 Å². The van der Waals surface area contributed by atoms with E-state index in [2.05, 4.69) is 20.0 Å². The van der Waals surface area contributed by atoms with Crippen molar-refractivity contribution in [2.45, 2.75) is 37.5 Å². The molecule has 0 bridgehead atoms. The molecule has 3 aliphatic heterocycles. The molecule has 0 aromatic carbocycles. The summed E-state index contributed by atoms with van der Waals surface area (Å²) in [5.74, 6) is 0. The molecule has 1 N–H and O–H groups in total. The Hall–Kier alpha value is -0.950. The summed E-state index contributed by atoms with van der Waals surface area (Å²) in [6.07, 6.45) is 7.43. The molecule has 1 atom stereocenters. The number of morpholine rings is 1. The number of piperidine rings is 1. The summed E-state index contributed by atoms with van der Waals surface area (Å²) in [4.78, 5) is 5.08. The number of H-pyrrole nitrogens is 1. The zero-order chi connectivity index (χ0) is 14.8. The van der Waals surface area contributed by atoms with Gasteiger partial charge in [0.2, 0.25) is 0 Å². The van der Waals surface area contributed by atoms with Gasteiger partial charge in [-0.2, -0.15) is 5.10 Å². The third-order valence-electron chi connectivity index (χ3n) is 5.48. The molecule has 3 aliphatic rings. The molecule has 6 nitrogen and oxygen atoms in total. The van der Waals surface area contributed by atoms with Crippen LogP contribution < -0.4 is 0 Å². The minimum atomic E-state index is 0.135. The Bertz CT molecular complexity index is 465. The quantitative estimate of drug-likeness (QED) is 0.898. The van der Waals surface area contributed by atoms with Gasteiger partial charge in [-0.25, -0.2) is 0 Å². The summed E-state index contributed by atoms with van der Waals surface area (Å²) < 4.78 is 11.8. The van der Waals surface area contributed by atoms with Crippen LogP contribution in [0.5, 0.6) is 0 Å². The van der Waals surface area contributed by atoms with Gasteiger partial charge in [0.1, 0.15) is 0 Å². The Balaban J connectivity index is 1.29. The number of hydrogen-bond donors (Lipinski definition) is 1. The second-order valence-electron chi connectivity index (χ2n) is 6.88. The Morgan fingerprint density at radius 3 is 2.77 bits per heavy atom. The van der Waals surface area contributed by atoms with Crippen LogP contribution in [0.1, 0.15) is 24.8 Å². The lowest BCUT2D eigenvalue weighted by atomic mass is 9.87. The fourth-order valence-electron chi connectivity index (χ4n) is 4.09. The second kappa shape index (κ2) is 6.28. The first-order valence-electron chi connectivity index (χ1n) is 8.49. The van der Waals surface area contributed by atoms with E-state index in [-0.39, 0.29) is 5.60 Å². The number of nitrogens with one attached hydrogen (secondary N) is 1. The smallest absolute Gasteiger partial charge is 0.0723 e. The van der Waals surface area contributed by atoms with Crippen molar-refractivity contribution in [1.82, 2.24) is 20.0 Å². The average Bonchev–Trinajstić information content (AvgIpc) is 3.21. The van der Waals surface area contributed by atoms with E-state index >= 15 is 0 Å². The van der Waals surface area contributed by atoms with Gasteiger partial charge < -0.3 is 9.47 Å². The van der Waals surface area contributed by atoms with Crippen LogP contribution in [0.3, 0.4) is 0 Å². The van der Waals surface area contributed by atoms with Crippen LogP contribution in [0, 0.1) is 0 Å². The number of likely N-dealkylation sites (tertiary alicyclic amines) is 1. The molecule has 1 unspecified atom stereocenters. The van der Waals surface area contributed by atoms with Crippen molar-refractivity contribution in [1.29, 1.82) is 0 Å². The summed E-state index contributed by atoms with van der Waals surface area (Å²) in [5.41, 5.74) is 1.41. The maximum atomic E-state index is 6.30. The average molecular weight is 306 g/mol. The van der Waals surface area contributed by atoms with Crippen LogP contribution >= 0.6 is 0 Å². The molecule has 4 heterocycles. The van der Waals surface area contributed by atoms with E-state index in [1.54, 1.807) is 0 Å². The number of rotatable bonds is 3. The van der Waals surface area contributed by atoms with E-state index in [1.807, 2.05) is 12.4 Å². The molecule has 22 heavy (non-hydrogen) atoms. The maximum Gasteiger partial charge on any atom is 0.0723 e. The minimum Gasteiger partial charge on any atom is -0.379 e. The predicted molar refractivity (Wildman–Crippen MR) is 82.6 cm³/mol. The van der Waals surface area contributed by atoms with Crippen LogP contribution in [0.25, 0.3) is 0 Å². The Morgan fingerprint density at radius 1 is 1.23 bits per heavy atom. The summed E-state index contributed by atoms with van der Waals surface area (Å²) >= 11 is 0. The first-order valence-corrected chi connectivity index (χ1v) is 8.49. The van der Waals surface area contributed by atoms with Crippen LogP contribution in [0.15, 0.2) is 12.4 Å². The van der Waals surface area contributed by atoms with Crippen LogP contribution in [0.2, 0.25) is 0 Å². The summed E-state index contributed by atoms with van der Waals surface area (Å²) in [7, 11) is 0. The molecular formula is C16H26N4O2. The number of ether oxygens (including phenoxy) is 2. The number of nitrogens with zero attached hydrogens (tertiary/aromatic N) is 3. The first kappa shape index (κ1) is 14.6. The van der Waals surface area contributed by atoms with Crippen LogP contribution in [-0.2, 0) is 16.0 Å². The first-order chi connectivity index (χ1) is 10.8. The monoisotopic (exact) mass is 306 g/mol. The fourth-order valence-corrected chi connectivity index (χ4v) is 4.09. The Morgan fingerprint density at radius 2 is 2.05 bits per heavy atom. The molecule has 0 amide bonds. The molecule has 0 aliphatic carbocycles. The zero-order valence-corrected chi connectivity index (χ0v) is 13.2. The van der Waals surface area contributed by atoms with Crippen molar-refractivity contribution in [3.8, 4) is 0 Å². The summed E-state index contributed by atoms with van der Waals surface area (Å²) in [6.45, 7) is 8.04. The number of hydrogen-bond acceptors (Lipinski definition) is 5. The highest BCUT2D eigenvalue weighted by molar-refractivity contribution is 5.04. The van der Waals surface area contributed by atoms with Gasteiger partial charge in [-0.3, -0.25) is 14.9 Å². The predicted octanol–water partition coefficient (Wildman–Crippen LogP) is 0.865. The normalized spacial score (nSPS) is 30.1. The Kier molecular flexibility index (Phi) is 4.17. The standard InChI is InChI=1S/C16H26N4O2/c1-3-19(12-14-10-17-18-11-14)4-2-16(1)9-15(13-22-16)20-5-7-21-8-6-20/h10-11,15H,1-9,12-13H2,(H,17,18). The van der Waals surface area contributed by atoms with E-state index in [4.69, 9.17) is 9.47 Å². The topological polar surface area (TPSA) is 53.6 Å². The fraction of sp³-hybridized carbons (Fsp3) is 0.812. The highest BCUT2D eigenvalue weighted by atomic mass is 16.5. The van der Waals surface area contributed by atoms with E-state index in [0.29, 0.717) is 6.04 Å². The van der Waals surface area contributed by atoms with Gasteiger partial charge in [0.05, 0.1) is 31.6 Å². The van der Waals surface area contributed by atoms with Gasteiger partial charge in [0.25, 0.3) is 0 Å². The molecule has 1 aromatic heterocycles. The molecular weight excluding hydrogens is 280 g/mol. The van der Waals surface area contributed by atoms with Crippen LogP contribution in [-0.4, -0.2) is 77.6 Å². The van der Waals surface area contributed by atoms with E-state index < -0.39 is 0 Å². The van der Waals surface area contributed by atoms with Crippen molar-refractivity contribution >= 4 is 0 Å². The third kappa shape index (κ3) is 3.06. The summed E-state index contributed by atoms with van der Waals surface area (Å²) in [5, 5.41) is 6.92. The third-order valence-corrected chi connectivity index (χ3v) is 5.48. The molecule has 0 saturated carbocycles. The molecule has 1 spiro atoms. The number of aromatic amines is 1.